The van der Waals surface area contributed by atoms with Gasteiger partial charge in [-0.2, -0.15) is 0 Å². The summed E-state index contributed by atoms with van der Waals surface area (Å²) in [6.45, 7) is 7.39. The van der Waals surface area contributed by atoms with E-state index < -0.39 is 0 Å². The van der Waals surface area contributed by atoms with E-state index in [9.17, 15) is 4.79 Å². The number of primary amides is 1. The summed E-state index contributed by atoms with van der Waals surface area (Å²) in [5, 5.41) is 3.44. The van der Waals surface area contributed by atoms with Crippen LogP contribution in [0.4, 0.5) is 0 Å². The maximum atomic E-state index is 11.2. The first kappa shape index (κ1) is 20.1. The van der Waals surface area contributed by atoms with Crippen LogP contribution in [-0.4, -0.2) is 43.5 Å². The molecule has 1 aromatic rings. The molecule has 6 nitrogen and oxygen atoms in total. The molecule has 0 spiro atoms. The number of para-hydroxylation sites is 1. The van der Waals surface area contributed by atoms with Gasteiger partial charge in [0, 0.05) is 38.7 Å². The highest BCUT2D eigenvalue weighted by atomic mass is 16.5. The maximum absolute atomic E-state index is 11.2. The molecule has 1 unspecified atom stereocenters. The third-order valence-electron chi connectivity index (χ3n) is 4.50. The summed E-state index contributed by atoms with van der Waals surface area (Å²) < 4.78 is 5.93. The van der Waals surface area contributed by atoms with Crippen LogP contribution in [0.1, 0.15) is 38.7 Å². The number of hydrogen-bond acceptors (Lipinski definition) is 3. The van der Waals surface area contributed by atoms with Crippen LogP contribution >= 0.6 is 0 Å². The summed E-state index contributed by atoms with van der Waals surface area (Å²) in [6.07, 6.45) is 2.54. The quantitative estimate of drug-likeness (QED) is 0.578. The highest BCUT2D eigenvalue weighted by Crippen LogP contribution is 2.21. The van der Waals surface area contributed by atoms with Crippen LogP contribution in [0, 0.1) is 11.8 Å². The minimum Gasteiger partial charge on any atom is -0.493 e. The van der Waals surface area contributed by atoms with Gasteiger partial charge in [-0.05, 0) is 30.7 Å². The zero-order valence-corrected chi connectivity index (χ0v) is 16.2. The number of rotatable bonds is 7. The van der Waals surface area contributed by atoms with Crippen molar-refractivity contribution in [2.24, 2.45) is 22.6 Å². The highest BCUT2D eigenvalue weighted by molar-refractivity contribution is 5.80. The van der Waals surface area contributed by atoms with E-state index in [1.165, 1.54) is 0 Å². The number of nitrogens with one attached hydrogen (secondary N) is 1. The Morgan fingerprint density at radius 1 is 1.42 bits per heavy atom. The van der Waals surface area contributed by atoms with E-state index in [0.717, 1.165) is 43.2 Å². The zero-order valence-electron chi connectivity index (χ0n) is 16.2. The zero-order chi connectivity index (χ0) is 18.9. The molecule has 0 aromatic heterocycles. The molecule has 6 heteroatoms. The van der Waals surface area contributed by atoms with Crippen molar-refractivity contribution in [2.45, 2.75) is 39.7 Å². The molecule has 0 radical (unpaired) electrons. The van der Waals surface area contributed by atoms with Crippen LogP contribution in [0.3, 0.4) is 0 Å². The first-order chi connectivity index (χ1) is 12.5. The number of hydrogen-bond donors (Lipinski definition) is 2. The van der Waals surface area contributed by atoms with Gasteiger partial charge in [-0.1, -0.05) is 32.0 Å². The van der Waals surface area contributed by atoms with Gasteiger partial charge in [0.25, 0.3) is 0 Å². The second-order valence-electron chi connectivity index (χ2n) is 7.34. The Morgan fingerprint density at radius 3 is 2.88 bits per heavy atom. The summed E-state index contributed by atoms with van der Waals surface area (Å²) in [4.78, 5) is 17.9. The maximum Gasteiger partial charge on any atom is 0.217 e. The molecule has 144 valence electrons. The molecule has 0 bridgehead atoms. The predicted molar refractivity (Wildman–Crippen MR) is 105 cm³/mol. The van der Waals surface area contributed by atoms with Crippen molar-refractivity contribution < 1.29 is 9.53 Å². The fourth-order valence-electron chi connectivity index (χ4n) is 3.26. The molecule has 1 aromatic carbocycles. The van der Waals surface area contributed by atoms with E-state index in [-0.39, 0.29) is 5.91 Å². The summed E-state index contributed by atoms with van der Waals surface area (Å²) in [6, 6.07) is 8.09. The van der Waals surface area contributed by atoms with E-state index in [1.807, 2.05) is 18.2 Å². The number of nitrogens with two attached hydrogens (primary N) is 1. The fraction of sp³-hybridized carbons (Fsp3) is 0.600. The van der Waals surface area contributed by atoms with Crippen molar-refractivity contribution in [2.75, 3.05) is 26.7 Å². The van der Waals surface area contributed by atoms with Crippen molar-refractivity contribution in [1.29, 1.82) is 0 Å². The number of benzene rings is 1. The molecule has 2 rings (SSSR count). The van der Waals surface area contributed by atoms with Gasteiger partial charge in [-0.3, -0.25) is 9.79 Å². The molecule has 1 aliphatic heterocycles. The predicted octanol–water partition coefficient (Wildman–Crippen LogP) is 2.38. The molecule has 3 N–H and O–H groups in total. The Labute approximate surface area is 156 Å². The Kier molecular flexibility index (Phi) is 7.75. The van der Waals surface area contributed by atoms with Gasteiger partial charge in [-0.15, -0.1) is 0 Å². The number of amides is 1. The second-order valence-corrected chi connectivity index (χ2v) is 7.34. The van der Waals surface area contributed by atoms with Gasteiger partial charge in [0.2, 0.25) is 5.91 Å². The van der Waals surface area contributed by atoms with E-state index in [1.54, 1.807) is 7.05 Å². The largest absolute Gasteiger partial charge is 0.493 e. The Morgan fingerprint density at radius 2 is 2.19 bits per heavy atom. The lowest BCUT2D eigenvalue weighted by atomic mass is 9.95. The van der Waals surface area contributed by atoms with Crippen molar-refractivity contribution in [3.63, 3.8) is 0 Å². The third kappa shape index (κ3) is 6.24. The smallest absolute Gasteiger partial charge is 0.217 e. The normalized spacial score (nSPS) is 18.1. The number of likely N-dealkylation sites (tertiary alicyclic amines) is 1. The minimum atomic E-state index is -0.226. The lowest BCUT2D eigenvalue weighted by molar-refractivity contribution is -0.119. The number of guanidine groups is 1. The molecule has 1 amide bonds. The third-order valence-corrected chi connectivity index (χ3v) is 4.50. The molecular weight excluding hydrogens is 328 g/mol. The van der Waals surface area contributed by atoms with Crippen molar-refractivity contribution >= 4 is 11.9 Å². The number of aliphatic imine (C=N–C) groups is 1. The average molecular weight is 361 g/mol. The summed E-state index contributed by atoms with van der Waals surface area (Å²) in [7, 11) is 1.79. The SMILES string of the molecule is CN=C(NCc1ccccc1OCC(C)C)N1CCCC(CC(N)=O)C1. The van der Waals surface area contributed by atoms with Crippen LogP contribution in [0.15, 0.2) is 29.3 Å². The van der Waals surface area contributed by atoms with Gasteiger partial charge in [0.1, 0.15) is 5.75 Å². The summed E-state index contributed by atoms with van der Waals surface area (Å²) in [5.41, 5.74) is 6.47. The number of piperidine rings is 1. The molecule has 26 heavy (non-hydrogen) atoms. The summed E-state index contributed by atoms with van der Waals surface area (Å²) in [5.74, 6) is 2.34. The Hall–Kier alpha value is -2.24. The van der Waals surface area contributed by atoms with Crippen LogP contribution in [0.2, 0.25) is 0 Å². The van der Waals surface area contributed by atoms with Crippen LogP contribution in [0.25, 0.3) is 0 Å². The average Bonchev–Trinajstić information content (AvgIpc) is 2.61. The van der Waals surface area contributed by atoms with E-state index in [0.29, 0.717) is 31.4 Å². The molecule has 1 fully saturated rings. The van der Waals surface area contributed by atoms with Crippen LogP contribution in [-0.2, 0) is 11.3 Å². The molecule has 1 saturated heterocycles. The molecule has 1 aliphatic rings. The summed E-state index contributed by atoms with van der Waals surface area (Å²) >= 11 is 0. The first-order valence-corrected chi connectivity index (χ1v) is 9.44. The standard InChI is InChI=1S/C20H32N4O2/c1-15(2)14-26-18-9-5-4-8-17(18)12-23-20(22-3)24-10-6-7-16(13-24)11-19(21)25/h4-5,8-9,15-16H,6-7,10-14H2,1-3H3,(H2,21,25)(H,22,23). The number of carbonyl (C=O) groups excluding carboxylic acids is 1. The first-order valence-electron chi connectivity index (χ1n) is 9.44. The van der Waals surface area contributed by atoms with Gasteiger partial charge < -0.3 is 20.7 Å². The monoisotopic (exact) mass is 360 g/mol. The molecule has 0 saturated carbocycles. The molecule has 1 atom stereocenters. The van der Waals surface area contributed by atoms with Gasteiger partial charge in [0.15, 0.2) is 5.96 Å². The van der Waals surface area contributed by atoms with Crippen molar-refractivity contribution in [3.8, 4) is 5.75 Å². The molecule has 1 heterocycles. The van der Waals surface area contributed by atoms with Crippen molar-refractivity contribution in [3.05, 3.63) is 29.8 Å². The lowest BCUT2D eigenvalue weighted by Crippen LogP contribution is -2.46. The Bertz CT molecular complexity index is 616. The highest BCUT2D eigenvalue weighted by Gasteiger charge is 2.23. The number of carbonyl (C=O) groups is 1. The Balaban J connectivity index is 1.95. The van der Waals surface area contributed by atoms with E-state index >= 15 is 0 Å². The number of nitrogens with zero attached hydrogens (tertiary/aromatic N) is 2. The topological polar surface area (TPSA) is 80.0 Å². The minimum absolute atomic E-state index is 0.226. The molecular formula is C20H32N4O2. The number of ether oxygens (including phenoxy) is 1. The fourth-order valence-corrected chi connectivity index (χ4v) is 3.26. The molecule has 0 aliphatic carbocycles. The van der Waals surface area contributed by atoms with Crippen molar-refractivity contribution in [1.82, 2.24) is 10.2 Å². The van der Waals surface area contributed by atoms with Crippen LogP contribution < -0.4 is 15.8 Å². The van der Waals surface area contributed by atoms with Gasteiger partial charge in [0.05, 0.1) is 6.61 Å². The second kappa shape index (κ2) is 10.0. The van der Waals surface area contributed by atoms with Gasteiger partial charge >= 0.3 is 0 Å². The lowest BCUT2D eigenvalue weighted by Gasteiger charge is -2.34. The van der Waals surface area contributed by atoms with Gasteiger partial charge in [-0.25, -0.2) is 0 Å². The van der Waals surface area contributed by atoms with E-state index in [2.05, 4.69) is 35.1 Å². The van der Waals surface area contributed by atoms with Crippen LogP contribution in [0.5, 0.6) is 5.75 Å². The van der Waals surface area contributed by atoms with E-state index in [4.69, 9.17) is 10.5 Å².